The van der Waals surface area contributed by atoms with E-state index in [2.05, 4.69) is 14.6 Å². The first-order valence-corrected chi connectivity index (χ1v) is 7.69. The summed E-state index contributed by atoms with van der Waals surface area (Å²) in [5, 5.41) is 2.88. The van der Waals surface area contributed by atoms with E-state index >= 15 is 0 Å². The number of benzene rings is 1. The number of carbonyl (C=O) groups is 2. The zero-order valence-electron chi connectivity index (χ0n) is 13.6. The van der Waals surface area contributed by atoms with Gasteiger partial charge in [0.25, 0.3) is 5.91 Å². The number of anilines is 1. The van der Waals surface area contributed by atoms with E-state index in [4.69, 9.17) is 0 Å². The summed E-state index contributed by atoms with van der Waals surface area (Å²) in [4.78, 5) is 23.9. The van der Waals surface area contributed by atoms with Gasteiger partial charge in [0, 0.05) is 23.1 Å². The molecule has 0 bridgehead atoms. The monoisotopic (exact) mass is 312 g/mol. The van der Waals surface area contributed by atoms with Crippen LogP contribution < -0.4 is 5.32 Å². The lowest BCUT2D eigenvalue weighted by Crippen LogP contribution is -2.13. The minimum atomic E-state index is -0.393. The summed E-state index contributed by atoms with van der Waals surface area (Å²) in [5.41, 5.74) is 3.94. The van der Waals surface area contributed by atoms with E-state index in [0.717, 1.165) is 11.4 Å². The van der Waals surface area contributed by atoms with Crippen LogP contribution in [0.5, 0.6) is 0 Å². The topological polar surface area (TPSA) is 60.3 Å². The number of amides is 1. The highest BCUT2D eigenvalue weighted by Gasteiger charge is 2.28. The molecule has 23 heavy (non-hydrogen) atoms. The minimum Gasteiger partial charge on any atom is -0.465 e. The molecule has 0 saturated heterocycles. The number of nitrogens with one attached hydrogen (secondary N) is 1. The van der Waals surface area contributed by atoms with Gasteiger partial charge in [-0.25, -0.2) is 4.79 Å². The zero-order chi connectivity index (χ0) is 16.6. The van der Waals surface area contributed by atoms with E-state index in [1.807, 2.05) is 19.9 Å². The van der Waals surface area contributed by atoms with Crippen LogP contribution in [-0.4, -0.2) is 23.6 Å². The second kappa shape index (κ2) is 5.91. The fourth-order valence-corrected chi connectivity index (χ4v) is 2.91. The van der Waals surface area contributed by atoms with Gasteiger partial charge in [0.2, 0.25) is 0 Å². The second-order valence-electron chi connectivity index (χ2n) is 5.91. The molecule has 0 aliphatic heterocycles. The molecule has 1 heterocycles. The number of ether oxygens (including phenoxy) is 1. The summed E-state index contributed by atoms with van der Waals surface area (Å²) in [6.07, 6.45) is 2.37. The van der Waals surface area contributed by atoms with E-state index in [-0.39, 0.29) is 5.91 Å². The molecule has 5 nitrogen and oxygen atoms in total. The third kappa shape index (κ3) is 2.99. The van der Waals surface area contributed by atoms with E-state index in [1.165, 1.54) is 20.0 Å². The van der Waals surface area contributed by atoms with Crippen molar-refractivity contribution in [1.82, 2.24) is 4.57 Å². The van der Waals surface area contributed by atoms with Gasteiger partial charge in [0.1, 0.15) is 0 Å². The van der Waals surface area contributed by atoms with Crippen LogP contribution in [0.25, 0.3) is 0 Å². The van der Waals surface area contributed by atoms with Crippen molar-refractivity contribution < 1.29 is 14.3 Å². The van der Waals surface area contributed by atoms with E-state index < -0.39 is 5.97 Å². The molecule has 2 aromatic rings. The Morgan fingerprint density at radius 3 is 2.39 bits per heavy atom. The van der Waals surface area contributed by atoms with Crippen molar-refractivity contribution in [3.05, 3.63) is 52.8 Å². The van der Waals surface area contributed by atoms with Crippen LogP contribution >= 0.6 is 0 Å². The summed E-state index contributed by atoms with van der Waals surface area (Å²) >= 11 is 0. The van der Waals surface area contributed by atoms with Crippen LogP contribution in [0, 0.1) is 13.8 Å². The Morgan fingerprint density at radius 2 is 1.83 bits per heavy atom. The summed E-state index contributed by atoms with van der Waals surface area (Å²) < 4.78 is 6.90. The number of carbonyl (C=O) groups excluding carboxylic acids is 2. The average molecular weight is 312 g/mol. The predicted molar refractivity (Wildman–Crippen MR) is 87.9 cm³/mol. The Hall–Kier alpha value is -2.56. The van der Waals surface area contributed by atoms with Gasteiger partial charge in [0.05, 0.1) is 18.2 Å². The quantitative estimate of drug-likeness (QED) is 0.879. The molecular formula is C18H20N2O3. The van der Waals surface area contributed by atoms with Gasteiger partial charge in [-0.05, 0) is 57.0 Å². The van der Waals surface area contributed by atoms with Crippen molar-refractivity contribution in [3.63, 3.8) is 0 Å². The first kappa shape index (κ1) is 15.3. The summed E-state index contributed by atoms with van der Waals surface area (Å²) in [6, 6.07) is 9.15. The maximum atomic E-state index is 12.5. The third-order valence-electron chi connectivity index (χ3n) is 4.20. The fraction of sp³-hybridized carbons (Fsp3) is 0.333. The SMILES string of the molecule is COC(=O)c1ccc(NC(=O)c2cc(C)n(C3CC3)c2C)cc1. The molecular weight excluding hydrogens is 292 g/mol. The van der Waals surface area contributed by atoms with Crippen LogP contribution in [0.2, 0.25) is 0 Å². The number of hydrogen-bond acceptors (Lipinski definition) is 3. The maximum absolute atomic E-state index is 12.5. The average Bonchev–Trinajstić information content (AvgIpc) is 3.32. The summed E-state index contributed by atoms with van der Waals surface area (Å²) in [7, 11) is 1.34. The van der Waals surface area contributed by atoms with E-state index in [1.54, 1.807) is 24.3 Å². The second-order valence-corrected chi connectivity index (χ2v) is 5.91. The van der Waals surface area contributed by atoms with Crippen molar-refractivity contribution in [2.45, 2.75) is 32.7 Å². The van der Waals surface area contributed by atoms with Gasteiger partial charge in [-0.3, -0.25) is 4.79 Å². The number of nitrogens with zero attached hydrogens (tertiary/aromatic N) is 1. The molecule has 1 aliphatic rings. The fourth-order valence-electron chi connectivity index (χ4n) is 2.91. The standard InChI is InChI=1S/C18H20N2O3/c1-11-10-16(12(2)20(11)15-8-9-15)17(21)19-14-6-4-13(5-7-14)18(22)23-3/h4-7,10,15H,8-9H2,1-3H3,(H,19,21). The Kier molecular flexibility index (Phi) is 3.94. The lowest BCUT2D eigenvalue weighted by molar-refractivity contribution is 0.0600. The highest BCUT2D eigenvalue weighted by molar-refractivity contribution is 6.05. The first-order chi connectivity index (χ1) is 11.0. The number of rotatable bonds is 4. The molecule has 5 heteroatoms. The van der Waals surface area contributed by atoms with Gasteiger partial charge < -0.3 is 14.6 Å². The van der Waals surface area contributed by atoms with Crippen LogP contribution in [0.3, 0.4) is 0 Å². The largest absolute Gasteiger partial charge is 0.465 e. The normalized spacial score (nSPS) is 13.7. The summed E-state index contributed by atoms with van der Waals surface area (Å²) in [5.74, 6) is -0.522. The molecule has 0 unspecified atom stereocenters. The Bertz CT molecular complexity index is 755. The van der Waals surface area contributed by atoms with Gasteiger partial charge in [-0.15, -0.1) is 0 Å². The van der Waals surface area contributed by atoms with Crippen LogP contribution in [0.1, 0.15) is 51.0 Å². The lowest BCUT2D eigenvalue weighted by Gasteiger charge is -2.08. The Balaban J connectivity index is 1.77. The molecule has 1 aliphatic carbocycles. The van der Waals surface area contributed by atoms with Gasteiger partial charge in [-0.2, -0.15) is 0 Å². The molecule has 0 radical (unpaired) electrons. The molecule has 0 spiro atoms. The minimum absolute atomic E-state index is 0.129. The lowest BCUT2D eigenvalue weighted by atomic mass is 10.2. The Labute approximate surface area is 135 Å². The number of aryl methyl sites for hydroxylation is 1. The molecule has 0 atom stereocenters. The smallest absolute Gasteiger partial charge is 0.337 e. The molecule has 1 saturated carbocycles. The molecule has 1 N–H and O–H groups in total. The van der Waals surface area contributed by atoms with Crippen molar-refractivity contribution in [2.24, 2.45) is 0 Å². The molecule has 1 aromatic carbocycles. The molecule has 120 valence electrons. The number of aromatic nitrogens is 1. The van der Waals surface area contributed by atoms with Crippen LogP contribution in [0.4, 0.5) is 5.69 Å². The maximum Gasteiger partial charge on any atom is 0.337 e. The molecule has 1 aromatic heterocycles. The number of hydrogen-bond donors (Lipinski definition) is 1. The van der Waals surface area contributed by atoms with E-state index in [0.29, 0.717) is 22.9 Å². The van der Waals surface area contributed by atoms with Crippen LogP contribution in [0.15, 0.2) is 30.3 Å². The van der Waals surface area contributed by atoms with Crippen molar-refractivity contribution in [3.8, 4) is 0 Å². The van der Waals surface area contributed by atoms with Crippen molar-refractivity contribution >= 4 is 17.6 Å². The first-order valence-electron chi connectivity index (χ1n) is 7.69. The van der Waals surface area contributed by atoms with Crippen LogP contribution in [-0.2, 0) is 4.74 Å². The zero-order valence-corrected chi connectivity index (χ0v) is 13.6. The molecule has 3 rings (SSSR count). The van der Waals surface area contributed by atoms with Crippen molar-refractivity contribution in [2.75, 3.05) is 12.4 Å². The number of esters is 1. The predicted octanol–water partition coefficient (Wildman–Crippen LogP) is 3.48. The van der Waals surface area contributed by atoms with Gasteiger partial charge >= 0.3 is 5.97 Å². The molecule has 1 amide bonds. The summed E-state index contributed by atoms with van der Waals surface area (Å²) in [6.45, 7) is 4.02. The highest BCUT2D eigenvalue weighted by atomic mass is 16.5. The van der Waals surface area contributed by atoms with Crippen molar-refractivity contribution in [1.29, 1.82) is 0 Å². The van der Waals surface area contributed by atoms with Gasteiger partial charge in [-0.1, -0.05) is 0 Å². The molecule has 1 fully saturated rings. The third-order valence-corrected chi connectivity index (χ3v) is 4.20. The number of methoxy groups -OCH3 is 1. The highest BCUT2D eigenvalue weighted by Crippen LogP contribution is 2.38. The Morgan fingerprint density at radius 1 is 1.17 bits per heavy atom. The van der Waals surface area contributed by atoms with E-state index in [9.17, 15) is 9.59 Å². The van der Waals surface area contributed by atoms with Gasteiger partial charge in [0.15, 0.2) is 0 Å².